The summed E-state index contributed by atoms with van der Waals surface area (Å²) >= 11 is 0. The summed E-state index contributed by atoms with van der Waals surface area (Å²) in [5.41, 5.74) is 4.30. The Labute approximate surface area is 235 Å². The van der Waals surface area contributed by atoms with E-state index < -0.39 is 0 Å². The molecule has 1 amide bonds. The minimum Gasteiger partial charge on any atom is -0.342 e. The summed E-state index contributed by atoms with van der Waals surface area (Å²) in [5.74, 6) is 0.360. The molecule has 0 N–H and O–H groups in total. The lowest BCUT2D eigenvalue weighted by molar-refractivity contribution is -0.181. The van der Waals surface area contributed by atoms with E-state index in [4.69, 9.17) is 0 Å². The molecule has 0 spiro atoms. The van der Waals surface area contributed by atoms with Crippen molar-refractivity contribution in [1.29, 1.82) is 0 Å². The predicted octanol–water partition coefficient (Wildman–Crippen LogP) is 7.39. The standard InChI is InChI=1S/C35H49NO3/c1-8-35-16-14-33(6)24-20-25(37)29(38)23(3)28(24)22(2)19-26(33)34(35,7)15-13-31(4)11-12-32(5,21-27(31)35)30(39)36-17-9-10-18-36/h19-20,22,27H,8-18,21H2,1-7H3/t22?,27-,31-,32-,33+,34-,35+/m1/s1. The smallest absolute Gasteiger partial charge is 0.228 e. The maximum absolute atomic E-state index is 13.9. The fourth-order valence-corrected chi connectivity index (χ4v) is 11.1. The van der Waals surface area contributed by atoms with Gasteiger partial charge in [-0.15, -0.1) is 0 Å². The van der Waals surface area contributed by atoms with Crippen LogP contribution in [-0.2, 0) is 14.4 Å². The Morgan fingerprint density at radius 3 is 2.31 bits per heavy atom. The van der Waals surface area contributed by atoms with Crippen molar-refractivity contribution < 1.29 is 14.4 Å². The largest absolute Gasteiger partial charge is 0.342 e. The van der Waals surface area contributed by atoms with Crippen LogP contribution in [0.15, 0.2) is 34.4 Å². The molecule has 1 saturated heterocycles. The van der Waals surface area contributed by atoms with Crippen LogP contribution < -0.4 is 0 Å². The van der Waals surface area contributed by atoms with Crippen molar-refractivity contribution in [3.63, 3.8) is 0 Å². The van der Waals surface area contributed by atoms with E-state index in [2.05, 4.69) is 52.5 Å². The molecular formula is C35H49NO3. The highest BCUT2D eigenvalue weighted by atomic mass is 16.2. The Morgan fingerprint density at radius 2 is 1.64 bits per heavy atom. The van der Waals surface area contributed by atoms with E-state index >= 15 is 0 Å². The van der Waals surface area contributed by atoms with Gasteiger partial charge in [0, 0.05) is 29.5 Å². The monoisotopic (exact) mass is 531 g/mol. The van der Waals surface area contributed by atoms with Crippen molar-refractivity contribution in [3.05, 3.63) is 34.4 Å². The van der Waals surface area contributed by atoms with E-state index in [0.29, 0.717) is 17.4 Å². The number of amides is 1. The molecule has 0 aromatic heterocycles. The average Bonchev–Trinajstić information content (AvgIpc) is 3.44. The van der Waals surface area contributed by atoms with Gasteiger partial charge in [-0.25, -0.2) is 0 Å². The van der Waals surface area contributed by atoms with Crippen LogP contribution in [0.4, 0.5) is 0 Å². The Balaban J connectivity index is 1.46. The lowest BCUT2D eigenvalue weighted by atomic mass is 9.33. The quantitative estimate of drug-likeness (QED) is 0.212. The van der Waals surface area contributed by atoms with Gasteiger partial charge in [-0.05, 0) is 116 Å². The van der Waals surface area contributed by atoms with Crippen LogP contribution in [0.2, 0.25) is 0 Å². The molecule has 3 saturated carbocycles. The second-order valence-electron chi connectivity index (χ2n) is 15.3. The van der Waals surface area contributed by atoms with Crippen LogP contribution in [0, 0.1) is 38.9 Å². The number of allylic oxidation sites excluding steroid dienone is 6. The molecule has 4 fully saturated rings. The number of hydrogen-bond donors (Lipinski definition) is 0. The zero-order chi connectivity index (χ0) is 28.2. The number of nitrogens with zero attached hydrogens (tertiary/aromatic N) is 1. The van der Waals surface area contributed by atoms with Gasteiger partial charge >= 0.3 is 0 Å². The summed E-state index contributed by atoms with van der Waals surface area (Å²) in [6, 6.07) is 0. The van der Waals surface area contributed by atoms with Crippen molar-refractivity contribution in [1.82, 2.24) is 4.90 Å². The number of fused-ring (bicyclic) bond motifs is 7. The van der Waals surface area contributed by atoms with Gasteiger partial charge in [0.25, 0.3) is 0 Å². The maximum Gasteiger partial charge on any atom is 0.228 e. The van der Waals surface area contributed by atoms with Gasteiger partial charge in [0.05, 0.1) is 0 Å². The summed E-state index contributed by atoms with van der Waals surface area (Å²) in [6.45, 7) is 18.1. The Kier molecular flexibility index (Phi) is 5.95. The molecule has 1 aliphatic heterocycles. The van der Waals surface area contributed by atoms with E-state index in [1.165, 1.54) is 12.0 Å². The SMILES string of the molecule is CC[C@@]12CC[C@@]3(C)C4=CC(=O)C(=O)C(C)=C4C(C)C=C3[C@@]1(C)CC[C@@]1(C)CC[C@@](C)(C(=O)N3CCCC3)C[C@H]12. The third kappa shape index (κ3) is 3.38. The summed E-state index contributed by atoms with van der Waals surface area (Å²) in [7, 11) is 0. The number of carbonyl (C=O) groups is 3. The second-order valence-corrected chi connectivity index (χ2v) is 15.3. The first-order valence-electron chi connectivity index (χ1n) is 15.8. The molecule has 4 nitrogen and oxygen atoms in total. The molecule has 0 aromatic carbocycles. The molecule has 0 aromatic rings. The number of likely N-dealkylation sites (tertiary alicyclic amines) is 1. The first-order chi connectivity index (χ1) is 18.3. The Bertz CT molecular complexity index is 1250. The van der Waals surface area contributed by atoms with Crippen molar-refractivity contribution in [2.24, 2.45) is 38.9 Å². The first-order valence-corrected chi connectivity index (χ1v) is 15.8. The fraction of sp³-hybridized carbons (Fsp3) is 0.743. The number of Topliss-reactive ketones (excluding diaryl/α,β-unsaturated/α-hetero) is 1. The third-order valence-corrected chi connectivity index (χ3v) is 13.5. The molecule has 7 atom stereocenters. The Morgan fingerprint density at radius 1 is 0.974 bits per heavy atom. The summed E-state index contributed by atoms with van der Waals surface area (Å²) in [5, 5.41) is 0. The average molecular weight is 532 g/mol. The minimum atomic E-state index is -0.349. The normalized spacial score (nSPS) is 45.7. The lowest BCUT2D eigenvalue weighted by Crippen LogP contribution is -2.63. The van der Waals surface area contributed by atoms with Gasteiger partial charge < -0.3 is 4.90 Å². The van der Waals surface area contributed by atoms with Crippen LogP contribution in [0.3, 0.4) is 0 Å². The molecule has 1 unspecified atom stereocenters. The molecule has 39 heavy (non-hydrogen) atoms. The molecule has 4 heteroatoms. The van der Waals surface area contributed by atoms with Gasteiger partial charge in [0.15, 0.2) is 0 Å². The highest BCUT2D eigenvalue weighted by Gasteiger charge is 2.68. The zero-order valence-corrected chi connectivity index (χ0v) is 25.5. The van der Waals surface area contributed by atoms with Crippen molar-refractivity contribution in [3.8, 4) is 0 Å². The van der Waals surface area contributed by atoms with Crippen LogP contribution in [0.25, 0.3) is 0 Å². The first kappa shape index (κ1) is 27.2. The topological polar surface area (TPSA) is 54.5 Å². The van der Waals surface area contributed by atoms with Gasteiger partial charge in [-0.2, -0.15) is 0 Å². The van der Waals surface area contributed by atoms with Gasteiger partial charge in [-0.1, -0.05) is 53.2 Å². The number of hydrogen-bond acceptors (Lipinski definition) is 3. The molecule has 6 rings (SSSR count). The molecular weight excluding hydrogens is 482 g/mol. The molecule has 1 heterocycles. The van der Waals surface area contributed by atoms with Crippen LogP contribution in [0.1, 0.15) is 113 Å². The van der Waals surface area contributed by atoms with E-state index in [-0.39, 0.29) is 44.6 Å². The summed E-state index contributed by atoms with van der Waals surface area (Å²) in [6.07, 6.45) is 15.3. The number of carbonyl (C=O) groups excluding carboxylic acids is 3. The highest BCUT2D eigenvalue weighted by molar-refractivity contribution is 6.48. The molecule has 5 aliphatic carbocycles. The zero-order valence-electron chi connectivity index (χ0n) is 25.5. The maximum atomic E-state index is 13.9. The highest BCUT2D eigenvalue weighted by Crippen LogP contribution is 2.77. The predicted molar refractivity (Wildman–Crippen MR) is 155 cm³/mol. The van der Waals surface area contributed by atoms with Gasteiger partial charge in [0.1, 0.15) is 0 Å². The van der Waals surface area contributed by atoms with E-state index in [1.54, 1.807) is 6.08 Å². The van der Waals surface area contributed by atoms with E-state index in [9.17, 15) is 14.4 Å². The van der Waals surface area contributed by atoms with Crippen LogP contribution >= 0.6 is 0 Å². The number of rotatable bonds is 2. The minimum absolute atomic E-state index is 0.00685. The van der Waals surface area contributed by atoms with Gasteiger partial charge in [-0.3, -0.25) is 14.4 Å². The second kappa shape index (κ2) is 8.52. The molecule has 6 aliphatic rings. The fourth-order valence-electron chi connectivity index (χ4n) is 11.1. The third-order valence-electron chi connectivity index (χ3n) is 13.5. The molecule has 0 radical (unpaired) electrons. The van der Waals surface area contributed by atoms with Crippen LogP contribution in [0.5, 0.6) is 0 Å². The van der Waals surface area contributed by atoms with E-state index in [0.717, 1.165) is 82.0 Å². The Hall–Kier alpha value is -1.97. The van der Waals surface area contributed by atoms with E-state index in [1.807, 2.05) is 6.92 Å². The molecule has 0 bridgehead atoms. The summed E-state index contributed by atoms with van der Waals surface area (Å²) < 4.78 is 0. The molecule has 212 valence electrons. The lowest BCUT2D eigenvalue weighted by Gasteiger charge is -2.71. The van der Waals surface area contributed by atoms with Gasteiger partial charge in [0.2, 0.25) is 17.5 Å². The van der Waals surface area contributed by atoms with Crippen molar-refractivity contribution in [2.45, 2.75) is 113 Å². The van der Waals surface area contributed by atoms with Crippen LogP contribution in [-0.4, -0.2) is 35.5 Å². The van der Waals surface area contributed by atoms with Crippen molar-refractivity contribution >= 4 is 17.5 Å². The summed E-state index contributed by atoms with van der Waals surface area (Å²) in [4.78, 5) is 41.6. The van der Waals surface area contributed by atoms with Crippen molar-refractivity contribution in [2.75, 3.05) is 13.1 Å². The number of ketones is 2.